The van der Waals surface area contributed by atoms with Gasteiger partial charge < -0.3 is 16.2 Å². The minimum absolute atomic E-state index is 0.0730. The van der Waals surface area contributed by atoms with E-state index in [1.54, 1.807) is 12.1 Å². The third-order valence-corrected chi connectivity index (χ3v) is 3.82. The van der Waals surface area contributed by atoms with Crippen LogP contribution in [0.1, 0.15) is 17.9 Å². The largest absolute Gasteiger partial charge is 0.508 e. The van der Waals surface area contributed by atoms with Crippen LogP contribution in [0.2, 0.25) is 0 Å². The molecule has 6 nitrogen and oxygen atoms in total. The highest BCUT2D eigenvalue weighted by molar-refractivity contribution is 8.13. The Labute approximate surface area is 125 Å². The molecule has 2 amide bonds. The van der Waals surface area contributed by atoms with E-state index in [4.69, 9.17) is 5.73 Å². The molecule has 0 spiro atoms. The van der Waals surface area contributed by atoms with Gasteiger partial charge >= 0.3 is 0 Å². The highest BCUT2D eigenvalue weighted by atomic mass is 32.2. The molecule has 0 fully saturated rings. The Bertz CT molecular complexity index is 664. The van der Waals surface area contributed by atoms with Gasteiger partial charge in [0.1, 0.15) is 5.75 Å². The molecule has 0 bridgehead atoms. The normalized spacial score (nSPS) is 18.0. The van der Waals surface area contributed by atoms with Gasteiger partial charge in [-0.1, -0.05) is 23.9 Å². The number of carbonyl (C=O) groups is 2. The lowest BCUT2D eigenvalue weighted by Crippen LogP contribution is -2.33. The van der Waals surface area contributed by atoms with Crippen molar-refractivity contribution in [2.75, 3.05) is 5.75 Å². The topological polar surface area (TPSA) is 116 Å². The number of rotatable bonds is 3. The van der Waals surface area contributed by atoms with E-state index in [0.717, 1.165) is 11.8 Å². The van der Waals surface area contributed by atoms with Gasteiger partial charge in [0.2, 0.25) is 5.91 Å². The number of nitrogens with zero attached hydrogens (tertiary/aromatic N) is 1. The Morgan fingerprint density at radius 1 is 1.57 bits per heavy atom. The summed E-state index contributed by atoms with van der Waals surface area (Å²) in [5, 5.41) is 21.0. The first-order valence-corrected chi connectivity index (χ1v) is 7.14. The lowest BCUT2D eigenvalue weighted by molar-refractivity contribution is -0.121. The van der Waals surface area contributed by atoms with Crippen molar-refractivity contribution in [1.82, 2.24) is 5.32 Å². The number of phenolic OH excluding ortho intramolecular Hbond substituents is 1. The third-order valence-electron chi connectivity index (χ3n) is 3.11. The number of nitrogens with one attached hydrogen (secondary N) is 1. The molecular weight excluding hydrogens is 290 g/mol. The lowest BCUT2D eigenvalue weighted by Gasteiger charge is -2.25. The van der Waals surface area contributed by atoms with Crippen LogP contribution in [0.15, 0.2) is 35.5 Å². The van der Waals surface area contributed by atoms with Gasteiger partial charge in [0, 0.05) is 23.8 Å². The molecule has 0 saturated heterocycles. The molecule has 1 heterocycles. The van der Waals surface area contributed by atoms with Crippen LogP contribution in [-0.2, 0) is 4.79 Å². The van der Waals surface area contributed by atoms with Gasteiger partial charge in [-0.25, -0.2) is 0 Å². The Hall–Kier alpha value is -2.46. The number of hydrogen-bond donors (Lipinski definition) is 3. The van der Waals surface area contributed by atoms with Gasteiger partial charge in [-0.3, -0.25) is 9.59 Å². The number of amides is 2. The number of nitrogens with two attached hydrogens (primary N) is 1. The first-order chi connectivity index (χ1) is 10.0. The van der Waals surface area contributed by atoms with E-state index >= 15 is 0 Å². The molecule has 0 aliphatic carbocycles. The van der Waals surface area contributed by atoms with Crippen LogP contribution in [0, 0.1) is 11.3 Å². The van der Waals surface area contributed by atoms with Crippen molar-refractivity contribution in [3.63, 3.8) is 0 Å². The SMILES string of the molecule is N#CC1=C(CSC(N)=O)NC(=O)CC1c1cccc(O)c1. The highest BCUT2D eigenvalue weighted by Crippen LogP contribution is 2.34. The second-order valence-electron chi connectivity index (χ2n) is 4.51. The van der Waals surface area contributed by atoms with Gasteiger partial charge in [-0.05, 0) is 17.7 Å². The quantitative estimate of drug-likeness (QED) is 0.784. The Balaban J connectivity index is 2.39. The third kappa shape index (κ3) is 3.55. The lowest BCUT2D eigenvalue weighted by atomic mass is 9.85. The van der Waals surface area contributed by atoms with Crippen LogP contribution in [0.25, 0.3) is 0 Å². The second-order valence-corrected chi connectivity index (χ2v) is 5.49. The molecule has 108 valence electrons. The summed E-state index contributed by atoms with van der Waals surface area (Å²) >= 11 is 0.825. The fourth-order valence-electron chi connectivity index (χ4n) is 2.21. The molecular formula is C14H13N3O3S. The van der Waals surface area contributed by atoms with Crippen molar-refractivity contribution in [2.24, 2.45) is 5.73 Å². The summed E-state index contributed by atoms with van der Waals surface area (Å²) in [7, 11) is 0. The summed E-state index contributed by atoms with van der Waals surface area (Å²) in [6.07, 6.45) is 0.122. The van der Waals surface area contributed by atoms with E-state index in [-0.39, 0.29) is 23.8 Å². The highest BCUT2D eigenvalue weighted by Gasteiger charge is 2.29. The van der Waals surface area contributed by atoms with Crippen molar-refractivity contribution < 1.29 is 14.7 Å². The summed E-state index contributed by atoms with van der Waals surface area (Å²) < 4.78 is 0. The first-order valence-electron chi connectivity index (χ1n) is 6.15. The number of hydrogen-bond acceptors (Lipinski definition) is 5. The van der Waals surface area contributed by atoms with Crippen LogP contribution in [-0.4, -0.2) is 22.0 Å². The van der Waals surface area contributed by atoms with Crippen LogP contribution in [0.4, 0.5) is 4.79 Å². The molecule has 2 rings (SSSR count). The maximum absolute atomic E-state index is 11.8. The average Bonchev–Trinajstić information content (AvgIpc) is 2.44. The summed E-state index contributed by atoms with van der Waals surface area (Å²) in [6, 6.07) is 8.54. The van der Waals surface area contributed by atoms with Gasteiger partial charge in [-0.2, -0.15) is 5.26 Å². The van der Waals surface area contributed by atoms with Gasteiger partial charge in [-0.15, -0.1) is 0 Å². The van der Waals surface area contributed by atoms with Crippen molar-refractivity contribution in [3.05, 3.63) is 41.1 Å². The van der Waals surface area contributed by atoms with E-state index < -0.39 is 11.2 Å². The zero-order valence-electron chi connectivity index (χ0n) is 11.0. The fourth-order valence-corrected chi connectivity index (χ4v) is 2.73. The summed E-state index contributed by atoms with van der Waals surface area (Å²) in [4.78, 5) is 22.7. The molecule has 0 saturated carbocycles. The van der Waals surface area contributed by atoms with E-state index in [1.165, 1.54) is 12.1 Å². The molecule has 1 aliphatic rings. The van der Waals surface area contributed by atoms with Crippen LogP contribution in [0.5, 0.6) is 5.75 Å². The first kappa shape index (κ1) is 14.9. The molecule has 1 aromatic carbocycles. The number of phenols is 1. The molecule has 0 radical (unpaired) electrons. The number of nitriles is 1. The average molecular weight is 303 g/mol. The van der Waals surface area contributed by atoms with Gasteiger partial charge in [0.25, 0.3) is 5.24 Å². The minimum atomic E-state index is -0.575. The molecule has 21 heavy (non-hydrogen) atoms. The number of allylic oxidation sites excluding steroid dienone is 1. The smallest absolute Gasteiger partial charge is 0.276 e. The van der Waals surface area contributed by atoms with Crippen molar-refractivity contribution in [1.29, 1.82) is 5.26 Å². The summed E-state index contributed by atoms with van der Waals surface area (Å²) in [5.41, 5.74) is 6.53. The summed E-state index contributed by atoms with van der Waals surface area (Å²) in [6.45, 7) is 0. The molecule has 1 unspecified atom stereocenters. The van der Waals surface area contributed by atoms with Gasteiger partial charge in [0.05, 0.1) is 11.6 Å². The maximum Gasteiger partial charge on any atom is 0.276 e. The molecule has 0 aromatic heterocycles. The van der Waals surface area contributed by atoms with E-state index in [2.05, 4.69) is 11.4 Å². The van der Waals surface area contributed by atoms with Crippen molar-refractivity contribution in [2.45, 2.75) is 12.3 Å². The van der Waals surface area contributed by atoms with Crippen LogP contribution >= 0.6 is 11.8 Å². The predicted octanol–water partition coefficient (Wildman–Crippen LogP) is 1.59. The molecule has 1 atom stereocenters. The van der Waals surface area contributed by atoms with Gasteiger partial charge in [0.15, 0.2) is 0 Å². The van der Waals surface area contributed by atoms with E-state index in [9.17, 15) is 20.0 Å². The number of aromatic hydroxyl groups is 1. The van der Waals surface area contributed by atoms with Crippen LogP contribution in [0.3, 0.4) is 0 Å². The zero-order valence-corrected chi connectivity index (χ0v) is 11.8. The molecule has 7 heteroatoms. The zero-order chi connectivity index (χ0) is 15.4. The van der Waals surface area contributed by atoms with Crippen LogP contribution < -0.4 is 11.1 Å². The molecule has 1 aromatic rings. The predicted molar refractivity (Wildman–Crippen MR) is 78.3 cm³/mol. The van der Waals surface area contributed by atoms with E-state index in [1.807, 2.05) is 0 Å². The number of primary amides is 1. The van der Waals surface area contributed by atoms with E-state index in [0.29, 0.717) is 16.8 Å². The Kier molecular flexibility index (Phi) is 4.50. The Morgan fingerprint density at radius 3 is 2.95 bits per heavy atom. The standard InChI is InChI=1S/C14H13N3O3S/c15-6-11-10(8-2-1-3-9(18)4-8)5-13(19)17-12(11)7-21-14(16)20/h1-4,10,18H,5,7H2,(H2,16,20)(H,17,19). The fraction of sp³-hybridized carbons (Fsp3) is 0.214. The number of carbonyl (C=O) groups excluding carboxylic acids is 2. The second kappa shape index (κ2) is 6.33. The molecule has 1 aliphatic heterocycles. The van der Waals surface area contributed by atoms with Crippen molar-refractivity contribution >= 4 is 22.9 Å². The number of thioether (sulfide) groups is 1. The van der Waals surface area contributed by atoms with Crippen molar-refractivity contribution in [3.8, 4) is 11.8 Å². The number of benzene rings is 1. The summed E-state index contributed by atoms with van der Waals surface area (Å²) in [5.74, 6) is -0.454. The maximum atomic E-state index is 11.8. The Morgan fingerprint density at radius 2 is 2.33 bits per heavy atom. The molecule has 4 N–H and O–H groups in total. The monoisotopic (exact) mass is 303 g/mol. The minimum Gasteiger partial charge on any atom is -0.508 e.